The van der Waals surface area contributed by atoms with Crippen molar-refractivity contribution < 1.29 is 34.1 Å². The zero-order chi connectivity index (χ0) is 25.3. The highest BCUT2D eigenvalue weighted by molar-refractivity contribution is 8.77. The zero-order valence-electron chi connectivity index (χ0n) is 18.5. The fourth-order valence-electron chi connectivity index (χ4n) is 3.50. The molecule has 9 nitrogen and oxygen atoms in total. The Kier molecular flexibility index (Phi) is 11.4. The lowest BCUT2D eigenvalue weighted by Crippen LogP contribution is -2.43. The first kappa shape index (κ1) is 28.2. The van der Waals surface area contributed by atoms with Crippen molar-refractivity contribution in [1.29, 1.82) is 0 Å². The van der Waals surface area contributed by atoms with Crippen LogP contribution in [0.15, 0.2) is 35.9 Å². The second-order valence-corrected chi connectivity index (χ2v) is 10.6. The predicted octanol–water partition coefficient (Wildman–Crippen LogP) is 2.78. The van der Waals surface area contributed by atoms with Crippen LogP contribution in [0.1, 0.15) is 30.9 Å². The summed E-state index contributed by atoms with van der Waals surface area (Å²) in [7, 11) is 4.04. The van der Waals surface area contributed by atoms with E-state index in [1.807, 2.05) is 4.90 Å². The number of carbonyl (C=O) groups is 4. The topological polar surface area (TPSA) is 147 Å². The van der Waals surface area contributed by atoms with E-state index in [4.69, 9.17) is 27.2 Å². The maximum Gasteiger partial charge on any atom is 0.328 e. The first-order valence-corrected chi connectivity index (χ1v) is 13.2. The highest BCUT2D eigenvalue weighted by Crippen LogP contribution is 2.39. The molecule has 0 saturated carbocycles. The Morgan fingerprint density at radius 2 is 1.97 bits per heavy atom. The van der Waals surface area contributed by atoms with E-state index in [2.05, 4.69) is 0 Å². The Labute approximate surface area is 210 Å². The number of carbonyl (C=O) groups excluding carboxylic acids is 2. The lowest BCUT2D eigenvalue weighted by Gasteiger charge is -2.37. The number of hydrogen-bond acceptors (Lipinski definition) is 9. The normalized spacial score (nSPS) is 19.4. The van der Waals surface area contributed by atoms with Crippen LogP contribution in [0.5, 0.6) is 0 Å². The number of Topliss-reactive ketones (excluding diaryl/α,β-unsaturated/α-hetero) is 1. The number of aliphatic carboxylic acids is 2. The third kappa shape index (κ3) is 8.31. The summed E-state index contributed by atoms with van der Waals surface area (Å²) >= 11 is 6.33. The number of ketones is 1. The summed E-state index contributed by atoms with van der Waals surface area (Å²) in [5.74, 6) is -2.70. The van der Waals surface area contributed by atoms with Crippen LogP contribution in [-0.4, -0.2) is 76.0 Å². The number of piperidine rings is 1. The average Bonchev–Trinajstić information content (AvgIpc) is 2.79. The zero-order valence-corrected chi connectivity index (χ0v) is 20.9. The molecular formula is C22H27ClN2O7S2. The Balaban J connectivity index is 2.08. The van der Waals surface area contributed by atoms with Gasteiger partial charge in [-0.3, -0.25) is 14.5 Å². The maximum absolute atomic E-state index is 12.6. The second kappa shape index (κ2) is 13.7. The van der Waals surface area contributed by atoms with E-state index in [9.17, 15) is 24.3 Å². The van der Waals surface area contributed by atoms with E-state index in [1.54, 1.807) is 24.3 Å². The second-order valence-electron chi connectivity index (χ2n) is 7.60. The first-order valence-electron chi connectivity index (χ1n) is 10.4. The van der Waals surface area contributed by atoms with Gasteiger partial charge in [0.15, 0.2) is 5.78 Å². The summed E-state index contributed by atoms with van der Waals surface area (Å²) in [4.78, 5) is 48.5. The van der Waals surface area contributed by atoms with Gasteiger partial charge in [0.25, 0.3) is 0 Å². The van der Waals surface area contributed by atoms with Crippen molar-refractivity contribution in [3.63, 3.8) is 0 Å². The molecule has 0 spiro atoms. The van der Waals surface area contributed by atoms with Crippen molar-refractivity contribution in [1.82, 2.24) is 4.90 Å². The third-order valence-corrected chi connectivity index (χ3v) is 8.47. The van der Waals surface area contributed by atoms with E-state index >= 15 is 0 Å². The van der Waals surface area contributed by atoms with Gasteiger partial charge in [-0.05, 0) is 23.6 Å². The van der Waals surface area contributed by atoms with Crippen LogP contribution in [-0.2, 0) is 23.9 Å². The van der Waals surface area contributed by atoms with Crippen LogP contribution in [0.25, 0.3) is 0 Å². The van der Waals surface area contributed by atoms with Gasteiger partial charge < -0.3 is 20.7 Å². The molecule has 0 radical (unpaired) electrons. The van der Waals surface area contributed by atoms with Crippen molar-refractivity contribution in [2.24, 2.45) is 5.73 Å². The number of carboxylic acids is 2. The van der Waals surface area contributed by atoms with Gasteiger partial charge >= 0.3 is 17.9 Å². The Bertz CT molecular complexity index is 944. The molecule has 1 aliphatic heterocycles. The lowest BCUT2D eigenvalue weighted by molar-refractivity contribution is -0.147. The summed E-state index contributed by atoms with van der Waals surface area (Å²) in [6.07, 6.45) is 1.31. The molecule has 186 valence electrons. The maximum atomic E-state index is 12.6. The summed E-state index contributed by atoms with van der Waals surface area (Å²) in [5, 5.41) is 18.3. The fourth-order valence-corrected chi connectivity index (χ4v) is 6.61. The van der Waals surface area contributed by atoms with Crippen molar-refractivity contribution in [2.45, 2.75) is 36.6 Å². The van der Waals surface area contributed by atoms with Crippen molar-refractivity contribution >= 4 is 56.9 Å². The number of rotatable bonds is 12. The smallest absolute Gasteiger partial charge is 0.328 e. The molecule has 34 heavy (non-hydrogen) atoms. The number of nitrogens with two attached hydrogens (primary N) is 1. The number of esters is 1. The van der Waals surface area contributed by atoms with Gasteiger partial charge in [-0.25, -0.2) is 9.59 Å². The predicted molar refractivity (Wildman–Crippen MR) is 132 cm³/mol. The number of hydrogen-bond donors (Lipinski definition) is 3. The molecule has 1 saturated heterocycles. The molecule has 0 aromatic heterocycles. The Morgan fingerprint density at radius 1 is 1.26 bits per heavy atom. The molecule has 4 N–H and O–H groups in total. The summed E-state index contributed by atoms with van der Waals surface area (Å²) < 4.78 is 5.00. The molecule has 1 aromatic rings. The molecule has 0 amide bonds. The van der Waals surface area contributed by atoms with Crippen LogP contribution in [0.3, 0.4) is 0 Å². The number of nitrogens with zero attached hydrogens (tertiary/aromatic N) is 1. The molecule has 3 unspecified atom stereocenters. The number of methoxy groups -OCH3 is 1. The number of ether oxygens (including phenoxy) is 1. The van der Waals surface area contributed by atoms with Crippen molar-refractivity contribution in [3.05, 3.63) is 46.5 Å². The van der Waals surface area contributed by atoms with Crippen LogP contribution >= 0.6 is 33.2 Å². The minimum Gasteiger partial charge on any atom is -0.481 e. The summed E-state index contributed by atoms with van der Waals surface area (Å²) in [6, 6.07) is 5.37. The molecule has 2 rings (SSSR count). The first-order chi connectivity index (χ1) is 16.1. The molecule has 1 aliphatic rings. The molecule has 0 aliphatic carbocycles. The van der Waals surface area contributed by atoms with Crippen LogP contribution in [0.4, 0.5) is 0 Å². The quantitative estimate of drug-likeness (QED) is 0.208. The van der Waals surface area contributed by atoms with Crippen LogP contribution in [0, 0.1) is 0 Å². The van der Waals surface area contributed by atoms with E-state index in [0.29, 0.717) is 29.1 Å². The van der Waals surface area contributed by atoms with Gasteiger partial charge in [-0.1, -0.05) is 51.4 Å². The number of benzene rings is 1. The van der Waals surface area contributed by atoms with Crippen LogP contribution < -0.4 is 5.73 Å². The van der Waals surface area contributed by atoms with Gasteiger partial charge in [0.1, 0.15) is 6.04 Å². The molecule has 1 fully saturated rings. The highest BCUT2D eigenvalue weighted by atomic mass is 35.5. The molecule has 0 bridgehead atoms. The standard InChI is InChI=1S/C22H27ClN2O7S2/c1-32-22(31)21(14-4-2-3-5-15(14)23)25-9-8-18(13(11-25)10-20(29)30)34-33-12-16(24)17(26)6-7-19(27)28/h2-5,10,16,18,21H,6-9,11-12,24H2,1H3,(H,27,28)(H,29,30)/b13-10-. The van der Waals surface area contributed by atoms with Crippen molar-refractivity contribution in [3.8, 4) is 0 Å². The number of halogens is 1. The fraction of sp³-hybridized carbons (Fsp3) is 0.455. The van der Waals surface area contributed by atoms with Gasteiger partial charge in [0.05, 0.1) is 19.6 Å². The minimum atomic E-state index is -1.10. The summed E-state index contributed by atoms with van der Waals surface area (Å²) in [5.41, 5.74) is 7.06. The molecular weight excluding hydrogens is 504 g/mol. The van der Waals surface area contributed by atoms with E-state index < -0.39 is 30.0 Å². The Morgan fingerprint density at radius 3 is 2.59 bits per heavy atom. The highest BCUT2D eigenvalue weighted by Gasteiger charge is 2.35. The monoisotopic (exact) mass is 530 g/mol. The number of likely N-dealkylation sites (tertiary alicyclic amines) is 1. The van der Waals surface area contributed by atoms with E-state index in [0.717, 1.165) is 6.08 Å². The minimum absolute atomic E-state index is 0.124. The third-order valence-electron chi connectivity index (χ3n) is 5.21. The SMILES string of the molecule is COC(=O)C(c1ccccc1Cl)N1CCC(SSCC(N)C(=O)CCC(=O)O)/C(=C\C(=O)O)C1. The lowest BCUT2D eigenvalue weighted by atomic mass is 9.98. The van der Waals surface area contributed by atoms with Crippen LogP contribution in [0.2, 0.25) is 5.02 Å². The number of carboxylic acid groups (broad SMARTS) is 2. The molecule has 1 aromatic carbocycles. The molecule has 12 heteroatoms. The summed E-state index contributed by atoms with van der Waals surface area (Å²) in [6.45, 7) is 0.711. The van der Waals surface area contributed by atoms with Gasteiger partial charge in [-0.2, -0.15) is 0 Å². The molecule has 3 atom stereocenters. The largest absolute Gasteiger partial charge is 0.481 e. The van der Waals surface area contributed by atoms with Gasteiger partial charge in [0, 0.05) is 41.6 Å². The molecule has 1 heterocycles. The van der Waals surface area contributed by atoms with E-state index in [1.165, 1.54) is 28.7 Å². The van der Waals surface area contributed by atoms with Crippen molar-refractivity contribution in [2.75, 3.05) is 26.0 Å². The Hall–Kier alpha value is -2.05. The van der Waals surface area contributed by atoms with Gasteiger partial charge in [0.2, 0.25) is 0 Å². The average molecular weight is 531 g/mol. The van der Waals surface area contributed by atoms with E-state index in [-0.39, 0.29) is 36.2 Å². The van der Waals surface area contributed by atoms with Gasteiger partial charge in [-0.15, -0.1) is 0 Å².